The Balaban J connectivity index is 2.05. The summed E-state index contributed by atoms with van der Waals surface area (Å²) in [6.07, 6.45) is 2.04. The maximum atomic E-state index is 14.0. The van der Waals surface area contributed by atoms with Gasteiger partial charge in [0, 0.05) is 18.5 Å². The summed E-state index contributed by atoms with van der Waals surface area (Å²) >= 11 is 0. The minimum absolute atomic E-state index is 0.0133. The fourth-order valence-corrected chi connectivity index (χ4v) is 5.15. The van der Waals surface area contributed by atoms with Gasteiger partial charge in [0.25, 0.3) is 0 Å². The monoisotopic (exact) mass is 567 g/mol. The number of sulfonamides is 1. The average Bonchev–Trinajstić information content (AvgIpc) is 2.89. The topological polar surface area (TPSA) is 86.8 Å². The van der Waals surface area contributed by atoms with Gasteiger partial charge in [-0.1, -0.05) is 61.5 Å². The molecule has 1 atom stereocenters. The van der Waals surface area contributed by atoms with E-state index >= 15 is 0 Å². The van der Waals surface area contributed by atoms with Crippen LogP contribution in [0.2, 0.25) is 0 Å². The molecule has 0 aliphatic heterocycles. The number of halogens is 1. The van der Waals surface area contributed by atoms with E-state index in [4.69, 9.17) is 0 Å². The zero-order valence-electron chi connectivity index (χ0n) is 23.7. The van der Waals surface area contributed by atoms with Crippen LogP contribution in [0.15, 0.2) is 78.9 Å². The number of carbonyl (C=O) groups is 2. The van der Waals surface area contributed by atoms with Gasteiger partial charge in [0.05, 0.1) is 11.9 Å². The van der Waals surface area contributed by atoms with Gasteiger partial charge in [0.15, 0.2) is 0 Å². The molecule has 0 aliphatic rings. The molecule has 7 nitrogen and oxygen atoms in total. The molecule has 0 fully saturated rings. The van der Waals surface area contributed by atoms with Gasteiger partial charge in [0.2, 0.25) is 21.8 Å². The molecule has 0 saturated heterocycles. The number of nitrogens with one attached hydrogen (secondary N) is 1. The highest BCUT2D eigenvalue weighted by Crippen LogP contribution is 2.21. The zero-order valence-corrected chi connectivity index (χ0v) is 24.5. The summed E-state index contributed by atoms with van der Waals surface area (Å²) in [4.78, 5) is 29.1. The van der Waals surface area contributed by atoms with Crippen molar-refractivity contribution in [1.82, 2.24) is 10.2 Å². The maximum Gasteiger partial charge on any atom is 0.244 e. The fourth-order valence-electron chi connectivity index (χ4n) is 4.30. The molecule has 214 valence electrons. The molecule has 0 spiro atoms. The largest absolute Gasteiger partial charge is 0.350 e. The van der Waals surface area contributed by atoms with Crippen molar-refractivity contribution in [2.75, 3.05) is 17.1 Å². The normalized spacial score (nSPS) is 12.4. The first-order valence-corrected chi connectivity index (χ1v) is 15.1. The second kappa shape index (κ2) is 13.1. The molecule has 3 aromatic rings. The summed E-state index contributed by atoms with van der Waals surface area (Å²) in [5.41, 5.74) is 2.26. The molecule has 0 saturated carbocycles. The van der Waals surface area contributed by atoms with Crippen LogP contribution in [0.5, 0.6) is 0 Å². The lowest BCUT2D eigenvalue weighted by atomic mass is 10.0. The number of anilines is 1. The van der Waals surface area contributed by atoms with E-state index in [9.17, 15) is 22.4 Å². The summed E-state index contributed by atoms with van der Waals surface area (Å²) in [6, 6.07) is 21.0. The third kappa shape index (κ3) is 8.91. The number of amides is 2. The first kappa shape index (κ1) is 30.8. The van der Waals surface area contributed by atoms with Gasteiger partial charge in [-0.3, -0.25) is 13.9 Å². The molecule has 0 radical (unpaired) electrons. The Morgan fingerprint density at radius 2 is 1.45 bits per heavy atom. The van der Waals surface area contributed by atoms with Crippen molar-refractivity contribution >= 4 is 27.5 Å². The first-order valence-electron chi connectivity index (χ1n) is 13.2. The molecule has 0 unspecified atom stereocenters. The predicted molar refractivity (Wildman–Crippen MR) is 157 cm³/mol. The number of hydrogen-bond donors (Lipinski definition) is 1. The first-order chi connectivity index (χ1) is 18.8. The number of carbonyl (C=O) groups excluding carboxylic acids is 2. The third-order valence-electron chi connectivity index (χ3n) is 6.35. The maximum absolute atomic E-state index is 14.0. The lowest BCUT2D eigenvalue weighted by Crippen LogP contribution is -2.56. The standard InChI is InChI=1S/C31H38FN3O4S/c1-6-23-14-18-27(19-15-23)35(40(5,38)39)22-29(36)34(21-25-12-16-26(32)17-13-25)28(30(37)33-31(2,3)4)20-24-10-8-7-9-11-24/h7-19,28H,6,20-22H2,1-5H3,(H,33,37)/t28-/m0/s1. The average molecular weight is 568 g/mol. The fraction of sp³-hybridized carbons (Fsp3) is 0.355. The van der Waals surface area contributed by atoms with Crippen LogP contribution in [0.3, 0.4) is 0 Å². The van der Waals surface area contributed by atoms with Crippen molar-refractivity contribution in [2.24, 2.45) is 0 Å². The molecule has 0 bridgehead atoms. The number of nitrogens with zero attached hydrogens (tertiary/aromatic N) is 2. The van der Waals surface area contributed by atoms with Crippen LogP contribution < -0.4 is 9.62 Å². The van der Waals surface area contributed by atoms with Crippen LogP contribution in [-0.4, -0.2) is 49.5 Å². The Morgan fingerprint density at radius 1 is 0.875 bits per heavy atom. The van der Waals surface area contributed by atoms with E-state index in [2.05, 4.69) is 5.32 Å². The van der Waals surface area contributed by atoms with E-state index in [0.29, 0.717) is 11.3 Å². The highest BCUT2D eigenvalue weighted by molar-refractivity contribution is 7.92. The second-order valence-corrected chi connectivity index (χ2v) is 12.8. The summed E-state index contributed by atoms with van der Waals surface area (Å²) in [5.74, 6) is -1.35. The van der Waals surface area contributed by atoms with Crippen molar-refractivity contribution < 1.29 is 22.4 Å². The molecule has 0 aliphatic carbocycles. The molecular weight excluding hydrogens is 529 g/mol. The van der Waals surface area contributed by atoms with Gasteiger partial charge in [0.1, 0.15) is 18.4 Å². The lowest BCUT2D eigenvalue weighted by molar-refractivity contribution is -0.140. The van der Waals surface area contributed by atoms with Gasteiger partial charge < -0.3 is 10.2 Å². The van der Waals surface area contributed by atoms with E-state index in [1.54, 1.807) is 24.3 Å². The van der Waals surface area contributed by atoms with Crippen LogP contribution in [0, 0.1) is 5.82 Å². The van der Waals surface area contributed by atoms with Crippen LogP contribution in [0.25, 0.3) is 0 Å². The molecule has 1 N–H and O–H groups in total. The Morgan fingerprint density at radius 3 is 1.98 bits per heavy atom. The highest BCUT2D eigenvalue weighted by Gasteiger charge is 2.34. The quantitative estimate of drug-likeness (QED) is 0.364. The molecule has 0 aromatic heterocycles. The van der Waals surface area contributed by atoms with Crippen molar-refractivity contribution in [3.63, 3.8) is 0 Å². The van der Waals surface area contributed by atoms with Crippen LogP contribution in [0.1, 0.15) is 44.4 Å². The van der Waals surface area contributed by atoms with Crippen molar-refractivity contribution in [1.29, 1.82) is 0 Å². The molecule has 3 rings (SSSR count). The van der Waals surface area contributed by atoms with Crippen LogP contribution >= 0.6 is 0 Å². The summed E-state index contributed by atoms with van der Waals surface area (Å²) in [7, 11) is -3.84. The Hall–Kier alpha value is -3.72. The second-order valence-electron chi connectivity index (χ2n) is 10.9. The van der Waals surface area contributed by atoms with E-state index in [-0.39, 0.29) is 18.9 Å². The highest BCUT2D eigenvalue weighted by atomic mass is 32.2. The van der Waals surface area contributed by atoms with Crippen molar-refractivity contribution in [2.45, 2.75) is 58.7 Å². The van der Waals surface area contributed by atoms with E-state index in [1.165, 1.54) is 17.0 Å². The Bertz CT molecular complexity index is 1390. The third-order valence-corrected chi connectivity index (χ3v) is 7.49. The van der Waals surface area contributed by atoms with Crippen LogP contribution in [-0.2, 0) is 39.0 Å². The zero-order chi connectivity index (χ0) is 29.5. The van der Waals surface area contributed by atoms with Gasteiger partial charge in [-0.05, 0) is 68.1 Å². The van der Waals surface area contributed by atoms with E-state index in [1.807, 2.05) is 70.2 Å². The lowest BCUT2D eigenvalue weighted by Gasteiger charge is -2.35. The van der Waals surface area contributed by atoms with Gasteiger partial charge >= 0.3 is 0 Å². The van der Waals surface area contributed by atoms with Gasteiger partial charge in [-0.15, -0.1) is 0 Å². The Labute approximate surface area is 237 Å². The summed E-state index contributed by atoms with van der Waals surface area (Å²) in [6.45, 7) is 7.03. The number of rotatable bonds is 11. The van der Waals surface area contributed by atoms with Crippen molar-refractivity contribution in [3.8, 4) is 0 Å². The Kier molecular flexibility index (Phi) is 10.1. The molecular formula is C31H38FN3O4S. The smallest absolute Gasteiger partial charge is 0.244 e. The molecule has 40 heavy (non-hydrogen) atoms. The molecule has 2 amide bonds. The van der Waals surface area contributed by atoms with E-state index in [0.717, 1.165) is 28.1 Å². The number of hydrogen-bond acceptors (Lipinski definition) is 4. The minimum atomic E-state index is -3.84. The van der Waals surface area contributed by atoms with E-state index < -0.39 is 39.9 Å². The SMILES string of the molecule is CCc1ccc(N(CC(=O)N(Cc2ccc(F)cc2)[C@@H](Cc2ccccc2)C(=O)NC(C)(C)C)S(C)(=O)=O)cc1. The molecule has 9 heteroatoms. The minimum Gasteiger partial charge on any atom is -0.350 e. The number of benzene rings is 3. The molecule has 0 heterocycles. The number of aryl methyl sites for hydroxylation is 1. The summed E-state index contributed by atoms with van der Waals surface area (Å²) < 4.78 is 40.4. The van der Waals surface area contributed by atoms with Gasteiger partial charge in [-0.2, -0.15) is 0 Å². The van der Waals surface area contributed by atoms with Crippen LogP contribution in [0.4, 0.5) is 10.1 Å². The van der Waals surface area contributed by atoms with Crippen molar-refractivity contribution in [3.05, 3.63) is 101 Å². The molecule has 3 aromatic carbocycles. The van der Waals surface area contributed by atoms with Gasteiger partial charge in [-0.25, -0.2) is 12.8 Å². The predicted octanol–water partition coefficient (Wildman–Crippen LogP) is 4.71. The summed E-state index contributed by atoms with van der Waals surface area (Å²) in [5, 5.41) is 2.97.